The van der Waals surface area contributed by atoms with Crippen LogP contribution >= 0.6 is 15.9 Å². The highest BCUT2D eigenvalue weighted by molar-refractivity contribution is 9.10. The van der Waals surface area contributed by atoms with Gasteiger partial charge in [-0.05, 0) is 71.0 Å². The number of halogens is 1. The fraction of sp³-hybridized carbons (Fsp3) is 0.600. The Kier molecular flexibility index (Phi) is 8.23. The maximum atomic E-state index is 6.75. The molecule has 0 aliphatic heterocycles. The predicted molar refractivity (Wildman–Crippen MR) is 112 cm³/mol. The zero-order chi connectivity index (χ0) is 19.3. The number of methoxy groups -OCH3 is 2. The predicted octanol–water partition coefficient (Wildman–Crippen LogP) is 6.89. The van der Waals surface area contributed by atoms with E-state index in [1.54, 1.807) is 14.2 Å². The minimum absolute atomic E-state index is 0.0248. The first-order valence-corrected chi connectivity index (χ1v) is 12.5. The lowest BCUT2D eigenvalue weighted by atomic mass is 10.0. The molecule has 142 valence electrons. The second kappa shape index (κ2) is 9.24. The Morgan fingerprint density at radius 1 is 1.16 bits per heavy atom. The topological polar surface area (TPSA) is 27.7 Å². The van der Waals surface area contributed by atoms with Crippen LogP contribution in [0.4, 0.5) is 0 Å². The van der Waals surface area contributed by atoms with Crippen LogP contribution in [0.3, 0.4) is 0 Å². The minimum Gasteiger partial charge on any atom is -0.495 e. The van der Waals surface area contributed by atoms with E-state index in [4.69, 9.17) is 13.9 Å². The molecule has 0 heterocycles. The Labute approximate surface area is 163 Å². The Hall–Kier alpha value is -0.783. The molecule has 0 bridgehead atoms. The summed E-state index contributed by atoms with van der Waals surface area (Å²) in [7, 11) is 1.44. The Morgan fingerprint density at radius 2 is 1.68 bits per heavy atom. The van der Waals surface area contributed by atoms with Gasteiger partial charge in [0, 0.05) is 0 Å². The lowest BCUT2D eigenvalue weighted by Crippen LogP contribution is -2.41. The molecule has 0 saturated heterocycles. The zero-order valence-electron chi connectivity index (χ0n) is 16.7. The maximum absolute atomic E-state index is 6.75. The molecule has 0 fully saturated rings. The van der Waals surface area contributed by atoms with Gasteiger partial charge in [-0.25, -0.2) is 0 Å². The number of hydrogen-bond acceptors (Lipinski definition) is 3. The van der Waals surface area contributed by atoms with Crippen LogP contribution in [0.2, 0.25) is 18.1 Å². The molecule has 3 nitrogen and oxygen atoms in total. The second-order valence-electron chi connectivity index (χ2n) is 7.83. The van der Waals surface area contributed by atoms with Crippen molar-refractivity contribution in [1.82, 2.24) is 0 Å². The van der Waals surface area contributed by atoms with Gasteiger partial charge in [0.05, 0.1) is 20.3 Å². The number of rotatable bonds is 9. The summed E-state index contributed by atoms with van der Waals surface area (Å²) < 4.78 is 18.6. The van der Waals surface area contributed by atoms with Gasteiger partial charge in [-0.15, -0.1) is 6.58 Å². The van der Waals surface area contributed by atoms with Crippen LogP contribution in [-0.4, -0.2) is 22.5 Å². The van der Waals surface area contributed by atoms with E-state index in [2.05, 4.69) is 68.5 Å². The molecule has 0 radical (unpaired) electrons. The van der Waals surface area contributed by atoms with Crippen LogP contribution < -0.4 is 9.47 Å². The number of ether oxygens (including phenoxy) is 2. The lowest BCUT2D eigenvalue weighted by Gasteiger charge is -2.39. The highest BCUT2D eigenvalue weighted by Gasteiger charge is 2.39. The Morgan fingerprint density at radius 3 is 2.08 bits per heavy atom. The minimum atomic E-state index is -1.90. The van der Waals surface area contributed by atoms with Gasteiger partial charge in [-0.3, -0.25) is 0 Å². The second-order valence-corrected chi connectivity index (χ2v) is 13.4. The molecular weight excluding hydrogens is 396 g/mol. The van der Waals surface area contributed by atoms with Crippen LogP contribution in [0.15, 0.2) is 29.3 Å². The van der Waals surface area contributed by atoms with E-state index in [0.29, 0.717) is 0 Å². The molecular formula is C20H33BrO3Si. The molecule has 0 spiro atoms. The van der Waals surface area contributed by atoms with Crippen molar-refractivity contribution in [1.29, 1.82) is 0 Å². The van der Waals surface area contributed by atoms with Crippen molar-refractivity contribution in [3.63, 3.8) is 0 Å². The van der Waals surface area contributed by atoms with Gasteiger partial charge in [0.1, 0.15) is 16.0 Å². The fourth-order valence-corrected chi connectivity index (χ4v) is 4.22. The molecule has 1 unspecified atom stereocenters. The highest BCUT2D eigenvalue weighted by atomic mass is 79.9. The highest BCUT2D eigenvalue weighted by Crippen LogP contribution is 2.43. The van der Waals surface area contributed by atoms with Crippen LogP contribution in [0, 0.1) is 0 Å². The number of allylic oxidation sites excluding steroid dienone is 1. The summed E-state index contributed by atoms with van der Waals surface area (Å²) >= 11 is 3.55. The summed E-state index contributed by atoms with van der Waals surface area (Å²) in [4.78, 5) is 0. The Balaban J connectivity index is 3.25. The summed E-state index contributed by atoms with van der Waals surface area (Å²) in [6.07, 6.45) is 4.97. The van der Waals surface area contributed by atoms with Crippen molar-refractivity contribution in [3.8, 4) is 11.5 Å². The summed E-state index contributed by atoms with van der Waals surface area (Å²) in [5, 5.41) is 0.160. The average molecular weight is 429 g/mol. The first-order valence-electron chi connectivity index (χ1n) is 8.77. The smallest absolute Gasteiger partial charge is 0.192 e. The standard InChI is InChI=1S/C20H33BrO3Si/c1-9-10-11-12-16(24-25(7,8)20(2,3)4)15-13-17(22-5)19(21)18(14-15)23-6/h9,13-14,16H,1,10-12H2,2-8H3. The monoisotopic (exact) mass is 428 g/mol. The van der Waals surface area contributed by atoms with Crippen LogP contribution in [0.1, 0.15) is 51.7 Å². The molecule has 25 heavy (non-hydrogen) atoms. The molecule has 1 aromatic carbocycles. The molecule has 0 N–H and O–H groups in total. The van der Waals surface area contributed by atoms with Gasteiger partial charge in [-0.1, -0.05) is 26.8 Å². The third-order valence-electron chi connectivity index (χ3n) is 4.96. The van der Waals surface area contributed by atoms with Crippen molar-refractivity contribution < 1.29 is 13.9 Å². The third kappa shape index (κ3) is 5.86. The van der Waals surface area contributed by atoms with E-state index < -0.39 is 8.32 Å². The van der Waals surface area contributed by atoms with Crippen molar-refractivity contribution >= 4 is 24.2 Å². The molecule has 1 atom stereocenters. The molecule has 0 aromatic heterocycles. The maximum Gasteiger partial charge on any atom is 0.192 e. The van der Waals surface area contributed by atoms with Gasteiger partial charge in [0.2, 0.25) is 0 Å². The van der Waals surface area contributed by atoms with Crippen molar-refractivity contribution in [3.05, 3.63) is 34.8 Å². The van der Waals surface area contributed by atoms with E-state index in [-0.39, 0.29) is 11.1 Å². The van der Waals surface area contributed by atoms with Crippen molar-refractivity contribution in [2.45, 2.75) is 64.3 Å². The first kappa shape index (κ1) is 22.3. The Bertz CT molecular complexity index is 554. The van der Waals surface area contributed by atoms with E-state index in [9.17, 15) is 0 Å². The fourth-order valence-electron chi connectivity index (χ4n) is 2.35. The quantitative estimate of drug-likeness (QED) is 0.243. The van der Waals surface area contributed by atoms with Crippen molar-refractivity contribution in [2.75, 3.05) is 14.2 Å². The van der Waals surface area contributed by atoms with Crippen LogP contribution in [0.25, 0.3) is 0 Å². The van der Waals surface area contributed by atoms with Gasteiger partial charge in [0.25, 0.3) is 0 Å². The summed E-state index contributed by atoms with van der Waals surface area (Å²) in [6.45, 7) is 15.2. The summed E-state index contributed by atoms with van der Waals surface area (Å²) in [5.74, 6) is 1.53. The van der Waals surface area contributed by atoms with E-state index in [1.807, 2.05) is 6.08 Å². The SMILES string of the molecule is C=CCCCC(O[Si](C)(C)C(C)(C)C)c1cc(OC)c(Br)c(OC)c1. The van der Waals surface area contributed by atoms with E-state index >= 15 is 0 Å². The number of benzene rings is 1. The van der Waals surface area contributed by atoms with Gasteiger partial charge in [-0.2, -0.15) is 0 Å². The molecule has 1 aromatic rings. The van der Waals surface area contributed by atoms with Gasteiger partial charge >= 0.3 is 0 Å². The zero-order valence-corrected chi connectivity index (χ0v) is 19.3. The lowest BCUT2D eigenvalue weighted by molar-refractivity contribution is 0.170. The average Bonchev–Trinajstić information content (AvgIpc) is 2.53. The third-order valence-corrected chi connectivity index (χ3v) is 10.2. The largest absolute Gasteiger partial charge is 0.495 e. The molecule has 0 amide bonds. The molecule has 0 aliphatic rings. The van der Waals surface area contributed by atoms with Gasteiger partial charge < -0.3 is 13.9 Å². The molecule has 1 rings (SSSR count). The van der Waals surface area contributed by atoms with Crippen LogP contribution in [-0.2, 0) is 4.43 Å². The van der Waals surface area contributed by atoms with Crippen LogP contribution in [0.5, 0.6) is 11.5 Å². The number of hydrogen-bond donors (Lipinski definition) is 0. The molecule has 5 heteroatoms. The van der Waals surface area contributed by atoms with E-state index in [1.165, 1.54) is 0 Å². The summed E-state index contributed by atoms with van der Waals surface area (Å²) in [5.41, 5.74) is 1.10. The normalized spacial score (nSPS) is 13.4. The summed E-state index contributed by atoms with van der Waals surface area (Å²) in [6, 6.07) is 4.11. The van der Waals surface area contributed by atoms with Crippen molar-refractivity contribution in [2.24, 2.45) is 0 Å². The van der Waals surface area contributed by atoms with E-state index in [0.717, 1.165) is 40.8 Å². The molecule has 0 aliphatic carbocycles. The first-order chi connectivity index (χ1) is 11.6. The molecule has 0 saturated carbocycles. The number of unbranched alkanes of at least 4 members (excludes halogenated alkanes) is 1. The van der Waals surface area contributed by atoms with Gasteiger partial charge in [0.15, 0.2) is 8.32 Å².